The standard InChI is InChI=1S/C14H24N2O3/c1-3-8-16(10-12(17)19-2)13(18)11-9-14(11)4-6-15-7-5-14/h11,15H,3-10H2,1-2H3. The molecule has 2 aliphatic rings. The Labute approximate surface area is 114 Å². The molecule has 0 bridgehead atoms. The lowest BCUT2D eigenvalue weighted by atomic mass is 9.91. The van der Waals surface area contributed by atoms with E-state index in [4.69, 9.17) is 0 Å². The lowest BCUT2D eigenvalue weighted by Crippen LogP contribution is -2.40. The van der Waals surface area contributed by atoms with Crippen LogP contribution in [0.3, 0.4) is 0 Å². The van der Waals surface area contributed by atoms with Crippen molar-refractivity contribution in [2.75, 3.05) is 33.3 Å². The summed E-state index contributed by atoms with van der Waals surface area (Å²) < 4.78 is 4.67. The molecule has 1 saturated carbocycles. The maximum Gasteiger partial charge on any atom is 0.325 e. The van der Waals surface area contributed by atoms with Gasteiger partial charge in [0.15, 0.2) is 0 Å². The van der Waals surface area contributed by atoms with Gasteiger partial charge in [-0.2, -0.15) is 0 Å². The summed E-state index contributed by atoms with van der Waals surface area (Å²) in [6.45, 7) is 4.76. The normalized spacial score (nSPS) is 24.0. The molecular weight excluding hydrogens is 244 g/mol. The van der Waals surface area contributed by atoms with Gasteiger partial charge in [0.2, 0.25) is 5.91 Å². The first-order valence-electron chi connectivity index (χ1n) is 7.19. The number of amides is 1. The Balaban J connectivity index is 1.94. The topological polar surface area (TPSA) is 58.6 Å². The molecule has 1 aliphatic carbocycles. The zero-order valence-corrected chi connectivity index (χ0v) is 11.9. The summed E-state index contributed by atoms with van der Waals surface area (Å²) in [5, 5.41) is 3.34. The largest absolute Gasteiger partial charge is 0.468 e. The summed E-state index contributed by atoms with van der Waals surface area (Å²) in [7, 11) is 1.36. The fraction of sp³-hybridized carbons (Fsp3) is 0.857. The molecule has 1 unspecified atom stereocenters. The smallest absolute Gasteiger partial charge is 0.325 e. The van der Waals surface area contributed by atoms with Crippen molar-refractivity contribution in [1.82, 2.24) is 10.2 Å². The first-order valence-corrected chi connectivity index (χ1v) is 7.19. The molecule has 2 rings (SSSR count). The van der Waals surface area contributed by atoms with Crippen LogP contribution in [0.25, 0.3) is 0 Å². The Morgan fingerprint density at radius 1 is 1.37 bits per heavy atom. The van der Waals surface area contributed by atoms with Crippen LogP contribution < -0.4 is 5.32 Å². The predicted molar refractivity (Wildman–Crippen MR) is 71.5 cm³/mol. The van der Waals surface area contributed by atoms with Crippen LogP contribution >= 0.6 is 0 Å². The van der Waals surface area contributed by atoms with Crippen molar-refractivity contribution >= 4 is 11.9 Å². The van der Waals surface area contributed by atoms with Crippen molar-refractivity contribution in [1.29, 1.82) is 0 Å². The van der Waals surface area contributed by atoms with Crippen LogP contribution in [0.15, 0.2) is 0 Å². The van der Waals surface area contributed by atoms with Crippen LogP contribution in [-0.4, -0.2) is 50.1 Å². The van der Waals surface area contributed by atoms with Gasteiger partial charge in [0.1, 0.15) is 6.54 Å². The van der Waals surface area contributed by atoms with Crippen LogP contribution in [0.1, 0.15) is 32.6 Å². The van der Waals surface area contributed by atoms with Gasteiger partial charge in [-0.1, -0.05) is 6.92 Å². The predicted octanol–water partition coefficient (Wildman–Crippen LogP) is 0.788. The number of hydrogen-bond acceptors (Lipinski definition) is 4. The third-order valence-electron chi connectivity index (χ3n) is 4.44. The number of methoxy groups -OCH3 is 1. The molecule has 1 aliphatic heterocycles. The Kier molecular flexibility index (Phi) is 4.45. The Morgan fingerprint density at radius 2 is 2.05 bits per heavy atom. The fourth-order valence-electron chi connectivity index (χ4n) is 3.15. The highest BCUT2D eigenvalue weighted by atomic mass is 16.5. The van der Waals surface area contributed by atoms with Crippen LogP contribution in [0.5, 0.6) is 0 Å². The van der Waals surface area contributed by atoms with E-state index in [0.717, 1.165) is 38.8 Å². The van der Waals surface area contributed by atoms with Crippen LogP contribution in [-0.2, 0) is 14.3 Å². The first-order chi connectivity index (χ1) is 9.13. The van der Waals surface area contributed by atoms with E-state index in [-0.39, 0.29) is 29.8 Å². The van der Waals surface area contributed by atoms with E-state index in [1.807, 2.05) is 6.92 Å². The molecule has 0 aromatic heterocycles. The maximum absolute atomic E-state index is 12.5. The zero-order valence-electron chi connectivity index (χ0n) is 11.9. The fourth-order valence-corrected chi connectivity index (χ4v) is 3.15. The van der Waals surface area contributed by atoms with Gasteiger partial charge in [-0.25, -0.2) is 0 Å². The third kappa shape index (κ3) is 3.08. The number of ether oxygens (including phenoxy) is 1. The highest BCUT2D eigenvalue weighted by molar-refractivity contribution is 5.86. The van der Waals surface area contributed by atoms with Gasteiger partial charge in [0, 0.05) is 12.5 Å². The molecule has 1 heterocycles. The Morgan fingerprint density at radius 3 is 2.63 bits per heavy atom. The maximum atomic E-state index is 12.5. The van der Waals surface area contributed by atoms with Crippen molar-refractivity contribution in [2.45, 2.75) is 32.6 Å². The highest BCUT2D eigenvalue weighted by Gasteiger charge is 2.58. The van der Waals surface area contributed by atoms with Crippen molar-refractivity contribution in [2.24, 2.45) is 11.3 Å². The van der Waals surface area contributed by atoms with Gasteiger partial charge in [0.25, 0.3) is 0 Å². The van der Waals surface area contributed by atoms with E-state index in [9.17, 15) is 9.59 Å². The summed E-state index contributed by atoms with van der Waals surface area (Å²) in [6.07, 6.45) is 4.03. The van der Waals surface area contributed by atoms with Gasteiger partial charge in [-0.05, 0) is 44.2 Å². The molecule has 1 spiro atoms. The molecule has 19 heavy (non-hydrogen) atoms. The van der Waals surface area contributed by atoms with Crippen molar-refractivity contribution in [3.63, 3.8) is 0 Å². The number of esters is 1. The molecule has 0 aromatic carbocycles. The van der Waals surface area contributed by atoms with Crippen molar-refractivity contribution in [3.05, 3.63) is 0 Å². The number of rotatable bonds is 5. The van der Waals surface area contributed by atoms with Crippen LogP contribution in [0, 0.1) is 11.3 Å². The summed E-state index contributed by atoms with van der Waals surface area (Å²) >= 11 is 0. The van der Waals surface area contributed by atoms with E-state index >= 15 is 0 Å². The van der Waals surface area contributed by atoms with Gasteiger partial charge in [0.05, 0.1) is 7.11 Å². The van der Waals surface area contributed by atoms with E-state index in [1.54, 1.807) is 4.90 Å². The minimum absolute atomic E-state index is 0.0913. The lowest BCUT2D eigenvalue weighted by molar-refractivity contribution is -0.147. The molecule has 5 heteroatoms. The molecule has 2 fully saturated rings. The highest BCUT2D eigenvalue weighted by Crippen LogP contribution is 2.59. The number of nitrogens with one attached hydrogen (secondary N) is 1. The van der Waals surface area contributed by atoms with Crippen molar-refractivity contribution < 1.29 is 14.3 Å². The lowest BCUT2D eigenvalue weighted by Gasteiger charge is -2.26. The second-order valence-corrected chi connectivity index (χ2v) is 5.71. The SMILES string of the molecule is CCCN(CC(=O)OC)C(=O)C1CC12CCNCC2. The molecular formula is C14H24N2O3. The van der Waals surface area contributed by atoms with E-state index in [0.29, 0.717) is 6.54 Å². The monoisotopic (exact) mass is 268 g/mol. The molecule has 1 atom stereocenters. The quantitative estimate of drug-likeness (QED) is 0.749. The van der Waals surface area contributed by atoms with Gasteiger partial charge >= 0.3 is 5.97 Å². The molecule has 108 valence electrons. The number of hydrogen-bond donors (Lipinski definition) is 1. The summed E-state index contributed by atoms with van der Waals surface area (Å²) in [5.41, 5.74) is 0.227. The summed E-state index contributed by atoms with van der Waals surface area (Å²) in [5.74, 6) is -0.0539. The summed E-state index contributed by atoms with van der Waals surface area (Å²) in [4.78, 5) is 25.6. The van der Waals surface area contributed by atoms with Gasteiger partial charge in [-0.3, -0.25) is 9.59 Å². The molecule has 5 nitrogen and oxygen atoms in total. The molecule has 1 saturated heterocycles. The average Bonchev–Trinajstić information content (AvgIpc) is 3.11. The van der Waals surface area contributed by atoms with Crippen molar-refractivity contribution in [3.8, 4) is 0 Å². The molecule has 1 N–H and O–H groups in total. The minimum atomic E-state index is -0.332. The Hall–Kier alpha value is -1.10. The third-order valence-corrected chi connectivity index (χ3v) is 4.44. The Bertz CT molecular complexity index is 351. The van der Waals surface area contributed by atoms with Gasteiger partial charge in [-0.15, -0.1) is 0 Å². The van der Waals surface area contributed by atoms with Crippen LogP contribution in [0.2, 0.25) is 0 Å². The van der Waals surface area contributed by atoms with E-state index < -0.39 is 0 Å². The molecule has 1 amide bonds. The number of carbonyl (C=O) groups is 2. The second kappa shape index (κ2) is 5.90. The van der Waals surface area contributed by atoms with Gasteiger partial charge < -0.3 is 15.0 Å². The average molecular weight is 268 g/mol. The molecule has 0 radical (unpaired) electrons. The number of carbonyl (C=O) groups excluding carboxylic acids is 2. The van der Waals surface area contributed by atoms with E-state index in [2.05, 4.69) is 10.1 Å². The van der Waals surface area contributed by atoms with Crippen LogP contribution in [0.4, 0.5) is 0 Å². The first kappa shape index (κ1) is 14.3. The summed E-state index contributed by atoms with van der Waals surface area (Å²) in [6, 6.07) is 0. The zero-order chi connectivity index (χ0) is 13.9. The minimum Gasteiger partial charge on any atom is -0.468 e. The number of nitrogens with zero attached hydrogens (tertiary/aromatic N) is 1. The second-order valence-electron chi connectivity index (χ2n) is 5.71. The molecule has 0 aromatic rings. The number of piperidine rings is 1. The van der Waals surface area contributed by atoms with E-state index in [1.165, 1.54) is 7.11 Å².